The standard InChI is InChI=1S/C27H35BClN5O9S2/c1-12-13(10-29)17(21(37)42-28)34-19(36)16(20(34)45-12)31-18(35)15(33-43-27(8,9)22(38)40-25(2,3)4)14-11-44-23(30-14)32-24(39)41-26(5,6)7/h11-12,16,20H,10H2,1-9H3,(H,31,35)(H,30,32,39)/b33-15-/t12-,16-,20-/m1/s1. The second-order valence-electron chi connectivity index (χ2n) is 12.4. The lowest BCUT2D eigenvalue weighted by atomic mass is 10.0. The van der Waals surface area contributed by atoms with Crippen LogP contribution in [0.25, 0.3) is 0 Å². The highest BCUT2D eigenvalue weighted by Gasteiger charge is 2.56. The number of β-lactam (4-membered cyclic amide) rings is 1. The Bertz CT molecular complexity index is 1430. The van der Waals surface area contributed by atoms with Crippen molar-refractivity contribution in [2.45, 2.75) is 95.8 Å². The van der Waals surface area contributed by atoms with Crippen LogP contribution >= 0.6 is 34.7 Å². The summed E-state index contributed by atoms with van der Waals surface area (Å²) in [4.78, 5) is 75.3. The third-order valence-electron chi connectivity index (χ3n) is 5.98. The van der Waals surface area contributed by atoms with Gasteiger partial charge in [0.05, 0.1) is 0 Å². The number of anilines is 1. The van der Waals surface area contributed by atoms with Gasteiger partial charge >= 0.3 is 26.1 Å². The molecule has 0 aromatic carbocycles. The third kappa shape index (κ3) is 8.70. The van der Waals surface area contributed by atoms with Crippen LogP contribution in [-0.4, -0.2) is 92.8 Å². The first kappa shape index (κ1) is 36.2. The molecule has 3 heterocycles. The Labute approximate surface area is 275 Å². The third-order valence-corrected chi connectivity index (χ3v) is 8.48. The van der Waals surface area contributed by atoms with Crippen molar-refractivity contribution in [3.05, 3.63) is 22.3 Å². The second-order valence-corrected chi connectivity index (χ2v) is 15.0. The largest absolute Gasteiger partial charge is 0.539 e. The Balaban J connectivity index is 1.91. The van der Waals surface area contributed by atoms with Crippen LogP contribution in [0.3, 0.4) is 0 Å². The molecule has 3 atom stereocenters. The quantitative estimate of drug-likeness (QED) is 0.0976. The SMILES string of the molecule is [B]OC(=O)C1=C(CCl)[C@@H](C)S[C@@H]2[C@H](NC(=O)/C(=N\OC(C)(C)C(=O)OC(C)(C)C)c3csc(NC(=O)OC(C)(C)C)n3)C(=O)N12. The molecule has 14 nitrogen and oxygen atoms in total. The minimum Gasteiger partial charge on any atom is -0.539 e. The summed E-state index contributed by atoms with van der Waals surface area (Å²) < 4.78 is 15.0. The Morgan fingerprint density at radius 2 is 1.71 bits per heavy atom. The molecule has 244 valence electrons. The van der Waals surface area contributed by atoms with E-state index in [1.807, 2.05) is 0 Å². The van der Waals surface area contributed by atoms with Crippen LogP contribution in [0.4, 0.5) is 9.93 Å². The topological polar surface area (TPSA) is 175 Å². The summed E-state index contributed by atoms with van der Waals surface area (Å²) in [5.41, 5.74) is -3.28. The fourth-order valence-electron chi connectivity index (χ4n) is 3.91. The van der Waals surface area contributed by atoms with Gasteiger partial charge in [0.15, 0.2) is 10.8 Å². The number of oxime groups is 1. The van der Waals surface area contributed by atoms with Crippen LogP contribution in [0.1, 0.15) is 68.0 Å². The molecular formula is C27H35BClN5O9S2. The van der Waals surface area contributed by atoms with E-state index in [0.717, 1.165) is 11.3 Å². The van der Waals surface area contributed by atoms with Gasteiger partial charge in [0, 0.05) is 16.5 Å². The molecule has 45 heavy (non-hydrogen) atoms. The first-order chi connectivity index (χ1) is 20.7. The summed E-state index contributed by atoms with van der Waals surface area (Å²) >= 11 is 8.32. The molecule has 0 saturated carbocycles. The molecule has 1 aromatic heterocycles. The number of nitrogens with one attached hydrogen (secondary N) is 2. The summed E-state index contributed by atoms with van der Waals surface area (Å²) in [6, 6.07) is -1.09. The molecule has 1 aromatic rings. The van der Waals surface area contributed by atoms with Crippen molar-refractivity contribution in [3.63, 3.8) is 0 Å². The second kappa shape index (κ2) is 13.6. The van der Waals surface area contributed by atoms with Crippen LogP contribution in [0.5, 0.6) is 0 Å². The number of fused-ring (bicyclic) bond motifs is 1. The fourth-order valence-corrected chi connectivity index (χ4v) is 6.49. The van der Waals surface area contributed by atoms with E-state index in [0.29, 0.717) is 5.57 Å². The average molecular weight is 684 g/mol. The Morgan fingerprint density at radius 1 is 1.09 bits per heavy atom. The zero-order valence-electron chi connectivity index (χ0n) is 26.3. The molecule has 3 amide bonds. The Kier molecular flexibility index (Phi) is 10.9. The monoisotopic (exact) mass is 683 g/mol. The fraction of sp³-hybridized carbons (Fsp3) is 0.593. The van der Waals surface area contributed by atoms with Crippen molar-refractivity contribution in [1.82, 2.24) is 15.2 Å². The van der Waals surface area contributed by atoms with Gasteiger partial charge in [-0.3, -0.25) is 19.8 Å². The average Bonchev–Trinajstić information content (AvgIpc) is 3.36. The summed E-state index contributed by atoms with van der Waals surface area (Å²) in [5, 5.41) is 9.56. The highest BCUT2D eigenvalue weighted by atomic mass is 35.5. The molecule has 2 radical (unpaired) electrons. The van der Waals surface area contributed by atoms with Gasteiger partial charge in [0.2, 0.25) is 5.60 Å². The number of amides is 3. The molecule has 0 bridgehead atoms. The summed E-state index contributed by atoms with van der Waals surface area (Å²) in [6.07, 6.45) is -0.770. The number of carbonyl (C=O) groups excluding carboxylic acids is 5. The van der Waals surface area contributed by atoms with Crippen molar-refractivity contribution < 1.29 is 42.9 Å². The van der Waals surface area contributed by atoms with Crippen LogP contribution < -0.4 is 10.6 Å². The molecule has 2 aliphatic heterocycles. The van der Waals surface area contributed by atoms with Crippen LogP contribution in [0.2, 0.25) is 0 Å². The van der Waals surface area contributed by atoms with Gasteiger partial charge in [0.1, 0.15) is 34.0 Å². The summed E-state index contributed by atoms with van der Waals surface area (Å²) in [5.74, 6) is -3.23. The van der Waals surface area contributed by atoms with E-state index in [9.17, 15) is 24.0 Å². The number of aromatic nitrogens is 1. The van der Waals surface area contributed by atoms with Gasteiger partial charge in [-0.25, -0.2) is 19.4 Å². The van der Waals surface area contributed by atoms with Crippen LogP contribution in [0, 0.1) is 0 Å². The summed E-state index contributed by atoms with van der Waals surface area (Å²) in [6.45, 7) is 14.7. The molecule has 2 aliphatic rings. The number of ether oxygens (including phenoxy) is 2. The van der Waals surface area contributed by atoms with E-state index in [1.165, 1.54) is 35.9 Å². The number of thioether (sulfide) groups is 1. The zero-order chi connectivity index (χ0) is 34.1. The normalized spacial score (nSPS) is 20.5. The molecule has 0 aliphatic carbocycles. The van der Waals surface area contributed by atoms with E-state index in [4.69, 9.17) is 34.0 Å². The number of nitrogens with zero attached hydrogens (tertiary/aromatic N) is 3. The number of hydrogen-bond acceptors (Lipinski definition) is 13. The van der Waals surface area contributed by atoms with E-state index in [1.54, 1.807) is 48.5 Å². The lowest BCUT2D eigenvalue weighted by Crippen LogP contribution is -2.71. The molecule has 1 fully saturated rings. The first-order valence-electron chi connectivity index (χ1n) is 13.6. The number of esters is 1. The van der Waals surface area contributed by atoms with E-state index < -0.39 is 63.8 Å². The van der Waals surface area contributed by atoms with Crippen molar-refractivity contribution in [2.24, 2.45) is 5.16 Å². The molecular weight excluding hydrogens is 649 g/mol. The maximum Gasteiger partial charge on any atom is 0.413 e. The number of thiazole rings is 1. The van der Waals surface area contributed by atoms with Crippen molar-refractivity contribution >= 4 is 83.4 Å². The van der Waals surface area contributed by atoms with Gasteiger partial charge in [-0.05, 0) is 67.9 Å². The lowest BCUT2D eigenvalue weighted by molar-refractivity contribution is -0.179. The maximum absolute atomic E-state index is 13.7. The lowest BCUT2D eigenvalue weighted by Gasteiger charge is -2.51. The molecule has 0 spiro atoms. The van der Waals surface area contributed by atoms with Crippen LogP contribution in [0.15, 0.2) is 21.8 Å². The number of hydrogen-bond donors (Lipinski definition) is 2. The highest BCUT2D eigenvalue weighted by molar-refractivity contribution is 8.00. The molecule has 18 heteroatoms. The minimum atomic E-state index is -1.63. The summed E-state index contributed by atoms with van der Waals surface area (Å²) in [7, 11) is 5.10. The van der Waals surface area contributed by atoms with Gasteiger partial charge in [-0.15, -0.1) is 34.7 Å². The predicted molar refractivity (Wildman–Crippen MR) is 169 cm³/mol. The van der Waals surface area contributed by atoms with Gasteiger partial charge in [-0.2, -0.15) is 0 Å². The molecule has 3 rings (SSSR count). The Hall–Kier alpha value is -3.31. The Morgan fingerprint density at radius 3 is 2.27 bits per heavy atom. The van der Waals surface area contributed by atoms with Crippen molar-refractivity contribution in [1.29, 1.82) is 0 Å². The number of carbonyl (C=O) groups is 5. The van der Waals surface area contributed by atoms with Crippen LogP contribution in [-0.2, 0) is 38.1 Å². The number of alkyl halides is 1. The van der Waals surface area contributed by atoms with E-state index >= 15 is 0 Å². The smallest absolute Gasteiger partial charge is 0.413 e. The minimum absolute atomic E-state index is 0.0337. The highest BCUT2D eigenvalue weighted by Crippen LogP contribution is 2.44. The molecule has 2 N–H and O–H groups in total. The maximum atomic E-state index is 13.7. The number of halogens is 1. The van der Waals surface area contributed by atoms with E-state index in [2.05, 4.69) is 25.4 Å². The van der Waals surface area contributed by atoms with Crippen molar-refractivity contribution in [2.75, 3.05) is 11.2 Å². The first-order valence-corrected chi connectivity index (χ1v) is 16.0. The van der Waals surface area contributed by atoms with Crippen molar-refractivity contribution in [3.8, 4) is 0 Å². The predicted octanol–water partition coefficient (Wildman–Crippen LogP) is 3.24. The molecule has 0 unspecified atom stereocenters. The zero-order valence-corrected chi connectivity index (χ0v) is 28.7. The van der Waals surface area contributed by atoms with Gasteiger partial charge < -0.3 is 24.3 Å². The van der Waals surface area contributed by atoms with Gasteiger partial charge in [0.25, 0.3) is 11.8 Å². The molecule has 1 saturated heterocycles. The van der Waals surface area contributed by atoms with Gasteiger partial charge in [-0.1, -0.05) is 5.16 Å². The van der Waals surface area contributed by atoms with E-state index in [-0.39, 0.29) is 27.7 Å². The number of rotatable bonds is 9.